The number of halogens is 1. The molecule has 2 aromatic rings. The van der Waals surface area contributed by atoms with Crippen LogP contribution in [0.25, 0.3) is 0 Å². The lowest BCUT2D eigenvalue weighted by molar-refractivity contribution is 0.107. The van der Waals surface area contributed by atoms with Crippen molar-refractivity contribution in [1.29, 1.82) is 0 Å². The number of rotatable bonds is 8. The normalized spacial score (nSPS) is 10.7. The summed E-state index contributed by atoms with van der Waals surface area (Å²) in [7, 11) is 1.76. The van der Waals surface area contributed by atoms with Gasteiger partial charge in [0.2, 0.25) is 0 Å². The zero-order valence-electron chi connectivity index (χ0n) is 14.6. The van der Waals surface area contributed by atoms with Gasteiger partial charge in [-0.3, -0.25) is 4.99 Å². The van der Waals surface area contributed by atoms with Crippen molar-refractivity contribution in [1.82, 2.24) is 10.6 Å². The fraction of sp³-hybridized carbons (Fsp3) is 0.250. The minimum absolute atomic E-state index is 0. The highest BCUT2D eigenvalue weighted by molar-refractivity contribution is 14.0. The molecular formula is C20H26IN3O. The summed E-state index contributed by atoms with van der Waals surface area (Å²) >= 11 is 0. The topological polar surface area (TPSA) is 45.7 Å². The van der Waals surface area contributed by atoms with E-state index < -0.39 is 0 Å². The van der Waals surface area contributed by atoms with E-state index in [-0.39, 0.29) is 24.0 Å². The van der Waals surface area contributed by atoms with Crippen molar-refractivity contribution in [3.8, 4) is 0 Å². The second-order valence-electron chi connectivity index (χ2n) is 5.39. The zero-order chi connectivity index (χ0) is 17.0. The van der Waals surface area contributed by atoms with Gasteiger partial charge in [-0.25, -0.2) is 0 Å². The number of hydrogen-bond donors (Lipinski definition) is 2. The van der Waals surface area contributed by atoms with Crippen LogP contribution in [0.15, 0.2) is 72.2 Å². The van der Waals surface area contributed by atoms with Crippen molar-refractivity contribution in [3.05, 3.63) is 83.9 Å². The van der Waals surface area contributed by atoms with Gasteiger partial charge in [0, 0.05) is 20.1 Å². The molecule has 4 nitrogen and oxygen atoms in total. The molecule has 0 radical (unpaired) electrons. The van der Waals surface area contributed by atoms with Gasteiger partial charge in [0.05, 0.1) is 13.2 Å². The van der Waals surface area contributed by atoms with Gasteiger partial charge in [0.25, 0.3) is 0 Å². The van der Waals surface area contributed by atoms with Crippen LogP contribution in [-0.2, 0) is 24.5 Å². The molecule has 25 heavy (non-hydrogen) atoms. The maximum absolute atomic E-state index is 5.79. The molecule has 2 N–H and O–H groups in total. The predicted molar refractivity (Wildman–Crippen MR) is 115 cm³/mol. The summed E-state index contributed by atoms with van der Waals surface area (Å²) in [5.74, 6) is 0.764. The van der Waals surface area contributed by atoms with Crippen LogP contribution in [0.2, 0.25) is 0 Å². The SMILES string of the molecule is C=CCNC(=NC)NCc1cccc(COCc2ccccc2)c1.I. The van der Waals surface area contributed by atoms with Crippen molar-refractivity contribution >= 4 is 29.9 Å². The molecule has 0 aromatic heterocycles. The molecule has 0 heterocycles. The summed E-state index contributed by atoms with van der Waals surface area (Å²) in [6, 6.07) is 18.6. The molecule has 0 fully saturated rings. The van der Waals surface area contributed by atoms with Crippen LogP contribution in [0.5, 0.6) is 0 Å². The maximum atomic E-state index is 5.79. The second-order valence-corrected chi connectivity index (χ2v) is 5.39. The van der Waals surface area contributed by atoms with Gasteiger partial charge >= 0.3 is 0 Å². The first kappa shape index (κ1) is 21.2. The van der Waals surface area contributed by atoms with Crippen molar-refractivity contribution in [2.45, 2.75) is 19.8 Å². The Bertz CT molecular complexity index is 659. The third-order valence-corrected chi connectivity index (χ3v) is 3.47. The van der Waals surface area contributed by atoms with E-state index in [1.165, 1.54) is 16.7 Å². The lowest BCUT2D eigenvalue weighted by atomic mass is 10.1. The molecular weight excluding hydrogens is 425 g/mol. The van der Waals surface area contributed by atoms with E-state index in [1.54, 1.807) is 13.1 Å². The maximum Gasteiger partial charge on any atom is 0.191 e. The standard InChI is InChI=1S/C20H25N3O.HI/c1-3-12-22-20(21-2)23-14-18-10-7-11-19(13-18)16-24-15-17-8-5-4-6-9-17;/h3-11,13H,1,12,14-16H2,2H3,(H2,21,22,23);1H. The first-order valence-corrected chi connectivity index (χ1v) is 8.06. The van der Waals surface area contributed by atoms with Gasteiger partial charge in [0.15, 0.2) is 5.96 Å². The Morgan fingerprint density at radius 1 is 1.00 bits per heavy atom. The Hall–Kier alpha value is -1.86. The van der Waals surface area contributed by atoms with Crippen molar-refractivity contribution in [3.63, 3.8) is 0 Å². The quantitative estimate of drug-likeness (QED) is 0.277. The number of ether oxygens (including phenoxy) is 1. The second kappa shape index (κ2) is 12.5. The molecule has 2 aromatic carbocycles. The fourth-order valence-corrected chi connectivity index (χ4v) is 2.27. The number of benzene rings is 2. The molecule has 0 aliphatic rings. The first-order valence-electron chi connectivity index (χ1n) is 8.06. The Balaban J connectivity index is 0.00000312. The summed E-state index contributed by atoms with van der Waals surface area (Å²) in [6.45, 7) is 6.32. The van der Waals surface area contributed by atoms with Gasteiger partial charge in [-0.15, -0.1) is 30.6 Å². The van der Waals surface area contributed by atoms with E-state index in [4.69, 9.17) is 4.74 Å². The molecule has 0 amide bonds. The monoisotopic (exact) mass is 451 g/mol. The van der Waals surface area contributed by atoms with Crippen LogP contribution < -0.4 is 10.6 Å². The van der Waals surface area contributed by atoms with E-state index in [0.717, 1.165) is 5.96 Å². The molecule has 0 saturated heterocycles. The molecule has 0 spiro atoms. The fourth-order valence-electron chi connectivity index (χ4n) is 2.27. The van der Waals surface area contributed by atoms with Crippen molar-refractivity contribution in [2.24, 2.45) is 4.99 Å². The predicted octanol–water partition coefficient (Wildman–Crippen LogP) is 3.87. The molecule has 0 aliphatic carbocycles. The highest BCUT2D eigenvalue weighted by Gasteiger charge is 2.00. The third-order valence-electron chi connectivity index (χ3n) is 3.47. The van der Waals surface area contributed by atoms with Crippen LogP contribution >= 0.6 is 24.0 Å². The van der Waals surface area contributed by atoms with E-state index in [1.807, 2.05) is 18.2 Å². The van der Waals surface area contributed by atoms with Gasteiger partial charge in [-0.1, -0.05) is 60.7 Å². The summed E-state index contributed by atoms with van der Waals surface area (Å²) in [6.07, 6.45) is 1.80. The summed E-state index contributed by atoms with van der Waals surface area (Å²) < 4.78 is 5.79. The summed E-state index contributed by atoms with van der Waals surface area (Å²) in [5, 5.41) is 6.43. The summed E-state index contributed by atoms with van der Waals surface area (Å²) in [4.78, 5) is 4.17. The van der Waals surface area contributed by atoms with Crippen LogP contribution in [0, 0.1) is 0 Å². The minimum atomic E-state index is 0. The Kier molecular flexibility index (Phi) is 10.6. The molecule has 134 valence electrons. The Morgan fingerprint density at radius 2 is 1.68 bits per heavy atom. The van der Waals surface area contributed by atoms with Crippen LogP contribution in [0.4, 0.5) is 0 Å². The van der Waals surface area contributed by atoms with E-state index in [9.17, 15) is 0 Å². The molecule has 2 rings (SSSR count). The Morgan fingerprint density at radius 3 is 2.40 bits per heavy atom. The van der Waals surface area contributed by atoms with Gasteiger partial charge in [-0.05, 0) is 16.7 Å². The van der Waals surface area contributed by atoms with Crippen LogP contribution in [-0.4, -0.2) is 19.6 Å². The number of aliphatic imine (C=N–C) groups is 1. The number of nitrogens with zero attached hydrogens (tertiary/aromatic N) is 1. The number of nitrogens with one attached hydrogen (secondary N) is 2. The van der Waals surface area contributed by atoms with Crippen molar-refractivity contribution in [2.75, 3.05) is 13.6 Å². The highest BCUT2D eigenvalue weighted by Crippen LogP contribution is 2.09. The average Bonchev–Trinajstić information content (AvgIpc) is 2.63. The van der Waals surface area contributed by atoms with Crippen LogP contribution in [0.1, 0.15) is 16.7 Å². The minimum Gasteiger partial charge on any atom is -0.372 e. The van der Waals surface area contributed by atoms with E-state index in [0.29, 0.717) is 26.3 Å². The molecule has 0 saturated carbocycles. The van der Waals surface area contributed by atoms with Gasteiger partial charge in [-0.2, -0.15) is 0 Å². The third kappa shape index (κ3) is 8.18. The molecule has 0 unspecified atom stereocenters. The van der Waals surface area contributed by atoms with Crippen molar-refractivity contribution < 1.29 is 4.74 Å². The molecule has 0 bridgehead atoms. The lowest BCUT2D eigenvalue weighted by Gasteiger charge is -2.11. The molecule has 0 aliphatic heterocycles. The Labute approximate surface area is 167 Å². The van der Waals surface area contributed by atoms with Crippen LogP contribution in [0.3, 0.4) is 0 Å². The lowest BCUT2D eigenvalue weighted by Crippen LogP contribution is -2.36. The van der Waals surface area contributed by atoms with Gasteiger partial charge in [0.1, 0.15) is 0 Å². The van der Waals surface area contributed by atoms with E-state index >= 15 is 0 Å². The highest BCUT2D eigenvalue weighted by atomic mass is 127. The summed E-state index contributed by atoms with van der Waals surface area (Å²) in [5.41, 5.74) is 3.55. The zero-order valence-corrected chi connectivity index (χ0v) is 16.9. The molecule has 5 heteroatoms. The smallest absolute Gasteiger partial charge is 0.191 e. The molecule has 0 atom stereocenters. The largest absolute Gasteiger partial charge is 0.372 e. The number of guanidine groups is 1. The first-order chi connectivity index (χ1) is 11.8. The number of hydrogen-bond acceptors (Lipinski definition) is 2. The van der Waals surface area contributed by atoms with E-state index in [2.05, 4.69) is 58.6 Å². The van der Waals surface area contributed by atoms with Gasteiger partial charge < -0.3 is 15.4 Å². The average molecular weight is 451 g/mol.